The Balaban J connectivity index is 2.30. The zero-order valence-corrected chi connectivity index (χ0v) is 12.1. The summed E-state index contributed by atoms with van der Waals surface area (Å²) in [5.74, 6) is 1.14. The Morgan fingerprint density at radius 3 is 2.79 bits per heavy atom. The highest BCUT2D eigenvalue weighted by atomic mass is 15.1. The van der Waals surface area contributed by atoms with E-state index in [2.05, 4.69) is 66.1 Å². The van der Waals surface area contributed by atoms with E-state index in [9.17, 15) is 0 Å². The lowest BCUT2D eigenvalue weighted by molar-refractivity contribution is 0.587. The molecule has 0 aliphatic heterocycles. The number of hydrogen-bond donors (Lipinski definition) is 1. The molecule has 2 aromatic rings. The molecular weight excluding hydrogens is 234 g/mol. The molecule has 0 atom stereocenters. The quantitative estimate of drug-likeness (QED) is 0.860. The van der Waals surface area contributed by atoms with Gasteiger partial charge in [-0.25, -0.2) is 4.98 Å². The van der Waals surface area contributed by atoms with Gasteiger partial charge in [0.25, 0.3) is 0 Å². The highest BCUT2D eigenvalue weighted by molar-refractivity contribution is 5.42. The zero-order valence-electron chi connectivity index (χ0n) is 12.1. The molecule has 0 unspecified atom stereocenters. The van der Waals surface area contributed by atoms with Crippen LogP contribution in [-0.2, 0) is 13.0 Å². The minimum Gasteiger partial charge on any atom is -0.310 e. The highest BCUT2D eigenvalue weighted by Crippen LogP contribution is 2.17. The van der Waals surface area contributed by atoms with Gasteiger partial charge in [-0.1, -0.05) is 39.0 Å². The predicted octanol–water partition coefficient (Wildman–Crippen LogP) is 3.32. The van der Waals surface area contributed by atoms with Gasteiger partial charge >= 0.3 is 0 Å². The molecule has 19 heavy (non-hydrogen) atoms. The van der Waals surface area contributed by atoms with Crippen LogP contribution in [0, 0.1) is 0 Å². The Kier molecular flexibility index (Phi) is 4.74. The number of nitrogens with zero attached hydrogens (tertiary/aromatic N) is 2. The molecule has 3 heteroatoms. The lowest BCUT2D eigenvalue weighted by Crippen LogP contribution is -2.22. The molecule has 0 aliphatic carbocycles. The standard InChI is InChI=1S/C16H23N3/c1-4-7-16-17-10-11-19(16)15-9-6-5-8-14(15)12-18-13(2)3/h5-6,8-11,13,18H,4,7,12H2,1-3H3. The summed E-state index contributed by atoms with van der Waals surface area (Å²) in [6, 6.07) is 9.02. The molecule has 0 spiro atoms. The third-order valence-corrected chi connectivity index (χ3v) is 3.14. The van der Waals surface area contributed by atoms with Crippen LogP contribution in [0.25, 0.3) is 5.69 Å². The van der Waals surface area contributed by atoms with Crippen molar-refractivity contribution in [3.05, 3.63) is 48.0 Å². The van der Waals surface area contributed by atoms with Gasteiger partial charge in [0.2, 0.25) is 0 Å². The van der Waals surface area contributed by atoms with E-state index in [-0.39, 0.29) is 0 Å². The zero-order chi connectivity index (χ0) is 13.7. The van der Waals surface area contributed by atoms with Gasteiger partial charge in [0.15, 0.2) is 0 Å². The van der Waals surface area contributed by atoms with Gasteiger partial charge in [0.05, 0.1) is 5.69 Å². The van der Waals surface area contributed by atoms with E-state index in [0.717, 1.165) is 25.2 Å². The lowest BCUT2D eigenvalue weighted by Gasteiger charge is -2.15. The minimum atomic E-state index is 0.492. The number of rotatable bonds is 6. The number of imidazole rings is 1. The Morgan fingerprint density at radius 1 is 1.26 bits per heavy atom. The summed E-state index contributed by atoms with van der Waals surface area (Å²) in [6.45, 7) is 7.41. The largest absolute Gasteiger partial charge is 0.310 e. The third-order valence-electron chi connectivity index (χ3n) is 3.14. The van der Waals surface area contributed by atoms with Crippen LogP contribution in [0.5, 0.6) is 0 Å². The Labute approximate surface area is 115 Å². The second kappa shape index (κ2) is 6.53. The Morgan fingerprint density at radius 2 is 2.05 bits per heavy atom. The second-order valence-electron chi connectivity index (χ2n) is 5.13. The maximum Gasteiger partial charge on any atom is 0.113 e. The fraction of sp³-hybridized carbons (Fsp3) is 0.438. The van der Waals surface area contributed by atoms with Crippen molar-refractivity contribution < 1.29 is 0 Å². The monoisotopic (exact) mass is 257 g/mol. The number of benzene rings is 1. The van der Waals surface area contributed by atoms with Gasteiger partial charge in [-0.2, -0.15) is 0 Å². The van der Waals surface area contributed by atoms with Crippen LogP contribution in [0.1, 0.15) is 38.6 Å². The molecule has 0 saturated carbocycles. The van der Waals surface area contributed by atoms with Crippen molar-refractivity contribution in [2.45, 2.75) is 46.2 Å². The molecule has 1 aromatic heterocycles. The number of para-hydroxylation sites is 1. The fourth-order valence-corrected chi connectivity index (χ4v) is 2.17. The van der Waals surface area contributed by atoms with E-state index in [0.29, 0.717) is 6.04 Å². The summed E-state index contributed by atoms with van der Waals surface area (Å²) in [4.78, 5) is 4.46. The van der Waals surface area contributed by atoms with Crippen LogP contribution >= 0.6 is 0 Å². The molecule has 1 aromatic carbocycles. The van der Waals surface area contributed by atoms with Crippen molar-refractivity contribution in [2.75, 3.05) is 0 Å². The first-order valence-electron chi connectivity index (χ1n) is 7.06. The van der Waals surface area contributed by atoms with E-state index < -0.39 is 0 Å². The molecule has 0 amide bonds. The maximum atomic E-state index is 4.46. The molecule has 0 radical (unpaired) electrons. The van der Waals surface area contributed by atoms with E-state index in [1.807, 2.05) is 6.20 Å². The average molecular weight is 257 g/mol. The molecule has 0 aliphatic rings. The first-order valence-corrected chi connectivity index (χ1v) is 7.06. The number of hydrogen-bond acceptors (Lipinski definition) is 2. The molecule has 0 fully saturated rings. The van der Waals surface area contributed by atoms with Gasteiger partial charge in [0.1, 0.15) is 5.82 Å². The summed E-state index contributed by atoms with van der Waals surface area (Å²) in [5, 5.41) is 3.48. The maximum absolute atomic E-state index is 4.46. The molecule has 2 rings (SSSR count). The van der Waals surface area contributed by atoms with Crippen LogP contribution in [-0.4, -0.2) is 15.6 Å². The van der Waals surface area contributed by atoms with Crippen LogP contribution in [0.4, 0.5) is 0 Å². The van der Waals surface area contributed by atoms with Crippen LogP contribution in [0.15, 0.2) is 36.7 Å². The van der Waals surface area contributed by atoms with E-state index in [4.69, 9.17) is 0 Å². The van der Waals surface area contributed by atoms with Crippen molar-refractivity contribution >= 4 is 0 Å². The summed E-state index contributed by atoms with van der Waals surface area (Å²) in [5.41, 5.74) is 2.54. The van der Waals surface area contributed by atoms with E-state index in [1.165, 1.54) is 11.3 Å². The van der Waals surface area contributed by atoms with Crippen molar-refractivity contribution in [3.8, 4) is 5.69 Å². The van der Waals surface area contributed by atoms with Gasteiger partial charge in [0, 0.05) is 31.4 Å². The third kappa shape index (κ3) is 3.44. The van der Waals surface area contributed by atoms with Crippen molar-refractivity contribution in [1.29, 1.82) is 0 Å². The van der Waals surface area contributed by atoms with Crippen LogP contribution in [0.3, 0.4) is 0 Å². The number of aromatic nitrogens is 2. The molecular formula is C16H23N3. The normalized spacial score (nSPS) is 11.2. The Bertz CT molecular complexity index is 514. The van der Waals surface area contributed by atoms with Crippen molar-refractivity contribution in [2.24, 2.45) is 0 Å². The smallest absolute Gasteiger partial charge is 0.113 e. The van der Waals surface area contributed by atoms with Crippen LogP contribution < -0.4 is 5.32 Å². The minimum absolute atomic E-state index is 0.492. The molecule has 0 saturated heterocycles. The van der Waals surface area contributed by atoms with E-state index >= 15 is 0 Å². The number of nitrogens with one attached hydrogen (secondary N) is 1. The number of aryl methyl sites for hydroxylation is 1. The molecule has 0 bridgehead atoms. The Hall–Kier alpha value is -1.61. The molecule has 1 heterocycles. The van der Waals surface area contributed by atoms with Gasteiger partial charge in [-0.15, -0.1) is 0 Å². The first kappa shape index (κ1) is 13.8. The molecule has 3 nitrogen and oxygen atoms in total. The highest BCUT2D eigenvalue weighted by Gasteiger charge is 2.08. The summed E-state index contributed by atoms with van der Waals surface area (Å²) >= 11 is 0. The summed E-state index contributed by atoms with van der Waals surface area (Å²) in [6.07, 6.45) is 6.07. The van der Waals surface area contributed by atoms with Crippen LogP contribution in [0.2, 0.25) is 0 Å². The van der Waals surface area contributed by atoms with E-state index in [1.54, 1.807) is 0 Å². The van der Waals surface area contributed by atoms with Gasteiger partial charge < -0.3 is 9.88 Å². The fourth-order valence-electron chi connectivity index (χ4n) is 2.17. The first-order chi connectivity index (χ1) is 9.22. The summed E-state index contributed by atoms with van der Waals surface area (Å²) < 4.78 is 2.21. The second-order valence-corrected chi connectivity index (χ2v) is 5.13. The van der Waals surface area contributed by atoms with Crippen molar-refractivity contribution in [3.63, 3.8) is 0 Å². The topological polar surface area (TPSA) is 29.9 Å². The lowest BCUT2D eigenvalue weighted by atomic mass is 10.1. The molecule has 1 N–H and O–H groups in total. The predicted molar refractivity (Wildman–Crippen MR) is 79.5 cm³/mol. The SMILES string of the molecule is CCCc1nccn1-c1ccccc1CNC(C)C. The van der Waals surface area contributed by atoms with Gasteiger partial charge in [-0.3, -0.25) is 0 Å². The average Bonchev–Trinajstić information content (AvgIpc) is 2.85. The molecule has 102 valence electrons. The van der Waals surface area contributed by atoms with Gasteiger partial charge in [-0.05, 0) is 18.1 Å². The van der Waals surface area contributed by atoms with Crippen molar-refractivity contribution in [1.82, 2.24) is 14.9 Å². The summed E-state index contributed by atoms with van der Waals surface area (Å²) in [7, 11) is 0.